The van der Waals surface area contributed by atoms with Crippen molar-refractivity contribution >= 4 is 29.3 Å². The maximum absolute atomic E-state index is 13.0. The summed E-state index contributed by atoms with van der Waals surface area (Å²) in [5.41, 5.74) is 1.57. The third-order valence-electron chi connectivity index (χ3n) is 3.87. The van der Waals surface area contributed by atoms with Gasteiger partial charge in [-0.3, -0.25) is 4.79 Å². The number of carbonyl (C=O) groups excluding carboxylic acids is 1. The standard InChI is InChI=1S/C19H17ClFN3O2S/c1-11(13-5-9-16(21)10-6-13)22-17(25)12(2)27-19-24-23-18(26-19)14-3-7-15(20)8-4-14/h3-12H,1-2H3,(H,22,25)/t11-,12+/m0/s1. The van der Waals surface area contributed by atoms with Crippen molar-refractivity contribution in [2.75, 3.05) is 0 Å². The molecule has 2 aromatic carbocycles. The third-order valence-corrected chi connectivity index (χ3v) is 5.06. The van der Waals surface area contributed by atoms with Gasteiger partial charge in [-0.05, 0) is 55.8 Å². The minimum Gasteiger partial charge on any atom is -0.411 e. The van der Waals surface area contributed by atoms with Crippen LogP contribution in [0.1, 0.15) is 25.5 Å². The molecule has 0 radical (unpaired) electrons. The van der Waals surface area contributed by atoms with Crippen LogP contribution < -0.4 is 5.32 Å². The average molecular weight is 406 g/mol. The molecule has 3 rings (SSSR count). The Kier molecular flexibility index (Phi) is 6.13. The summed E-state index contributed by atoms with van der Waals surface area (Å²) in [7, 11) is 0. The molecule has 0 aliphatic heterocycles. The molecular weight excluding hydrogens is 389 g/mol. The molecule has 2 atom stereocenters. The number of amides is 1. The van der Waals surface area contributed by atoms with Gasteiger partial charge in [0.05, 0.1) is 11.3 Å². The molecule has 1 aromatic heterocycles. The zero-order valence-corrected chi connectivity index (χ0v) is 16.2. The molecular formula is C19H17ClFN3O2S. The van der Waals surface area contributed by atoms with Crippen LogP contribution in [0.25, 0.3) is 11.5 Å². The summed E-state index contributed by atoms with van der Waals surface area (Å²) in [5, 5.41) is 11.4. The van der Waals surface area contributed by atoms with Gasteiger partial charge in [0.25, 0.3) is 5.22 Å². The number of aromatic nitrogens is 2. The van der Waals surface area contributed by atoms with Crippen LogP contribution in [0.5, 0.6) is 0 Å². The number of nitrogens with zero attached hydrogens (tertiary/aromatic N) is 2. The van der Waals surface area contributed by atoms with Crippen molar-refractivity contribution in [2.45, 2.75) is 30.4 Å². The van der Waals surface area contributed by atoms with Crippen molar-refractivity contribution in [1.29, 1.82) is 0 Å². The Morgan fingerprint density at radius 1 is 1.11 bits per heavy atom. The zero-order chi connectivity index (χ0) is 19.4. The van der Waals surface area contributed by atoms with Crippen molar-refractivity contribution < 1.29 is 13.6 Å². The van der Waals surface area contributed by atoms with E-state index >= 15 is 0 Å². The van der Waals surface area contributed by atoms with Crippen molar-refractivity contribution in [1.82, 2.24) is 15.5 Å². The molecule has 8 heteroatoms. The third kappa shape index (κ3) is 5.08. The van der Waals surface area contributed by atoms with Crippen LogP contribution >= 0.6 is 23.4 Å². The second kappa shape index (κ2) is 8.54. The molecule has 3 aromatic rings. The first-order valence-electron chi connectivity index (χ1n) is 8.24. The van der Waals surface area contributed by atoms with Crippen LogP contribution in [-0.4, -0.2) is 21.4 Å². The van der Waals surface area contributed by atoms with Crippen molar-refractivity contribution in [3.8, 4) is 11.5 Å². The fraction of sp³-hybridized carbons (Fsp3) is 0.211. The van der Waals surface area contributed by atoms with E-state index in [1.165, 1.54) is 23.9 Å². The highest BCUT2D eigenvalue weighted by atomic mass is 35.5. The molecule has 27 heavy (non-hydrogen) atoms. The molecule has 1 amide bonds. The summed E-state index contributed by atoms with van der Waals surface area (Å²) < 4.78 is 18.6. The van der Waals surface area contributed by atoms with Crippen LogP contribution in [-0.2, 0) is 4.79 Å². The van der Waals surface area contributed by atoms with E-state index in [1.807, 2.05) is 6.92 Å². The fourth-order valence-corrected chi connectivity index (χ4v) is 3.16. The number of hydrogen-bond donors (Lipinski definition) is 1. The topological polar surface area (TPSA) is 68.0 Å². The van der Waals surface area contributed by atoms with Gasteiger partial charge in [0.1, 0.15) is 5.82 Å². The lowest BCUT2D eigenvalue weighted by Crippen LogP contribution is -2.33. The van der Waals surface area contributed by atoms with Gasteiger partial charge in [-0.1, -0.05) is 35.5 Å². The van der Waals surface area contributed by atoms with Gasteiger partial charge in [-0.2, -0.15) is 0 Å². The molecule has 0 aliphatic carbocycles. The SMILES string of the molecule is C[C@H](NC(=O)[C@@H](C)Sc1nnc(-c2ccc(Cl)cc2)o1)c1ccc(F)cc1. The van der Waals surface area contributed by atoms with E-state index in [9.17, 15) is 9.18 Å². The van der Waals surface area contributed by atoms with Crippen LogP contribution in [0.4, 0.5) is 4.39 Å². The van der Waals surface area contributed by atoms with Gasteiger partial charge in [0, 0.05) is 10.6 Å². The predicted octanol–water partition coefficient (Wildman–Crippen LogP) is 4.89. The normalized spacial score (nSPS) is 13.2. The molecule has 0 fully saturated rings. The molecule has 0 aliphatic rings. The molecule has 0 saturated heterocycles. The van der Waals surface area contributed by atoms with E-state index in [1.54, 1.807) is 43.3 Å². The lowest BCUT2D eigenvalue weighted by molar-refractivity contribution is -0.120. The summed E-state index contributed by atoms with van der Waals surface area (Å²) in [4.78, 5) is 12.4. The lowest BCUT2D eigenvalue weighted by Gasteiger charge is -2.16. The van der Waals surface area contributed by atoms with Crippen LogP contribution in [0.2, 0.25) is 5.02 Å². The minimum atomic E-state index is -0.439. The summed E-state index contributed by atoms with van der Waals surface area (Å²) in [6.07, 6.45) is 0. The second-order valence-corrected chi connectivity index (χ2v) is 7.65. The zero-order valence-electron chi connectivity index (χ0n) is 14.6. The van der Waals surface area contributed by atoms with E-state index in [0.717, 1.165) is 11.1 Å². The Morgan fingerprint density at radius 3 is 2.44 bits per heavy atom. The number of carbonyl (C=O) groups is 1. The van der Waals surface area contributed by atoms with Crippen LogP contribution in [0.3, 0.4) is 0 Å². The highest BCUT2D eigenvalue weighted by Gasteiger charge is 2.20. The molecule has 140 valence electrons. The Morgan fingerprint density at radius 2 is 1.78 bits per heavy atom. The Labute approximate surface area is 165 Å². The molecule has 1 N–H and O–H groups in total. The van der Waals surface area contributed by atoms with Crippen molar-refractivity contribution in [2.24, 2.45) is 0 Å². The van der Waals surface area contributed by atoms with E-state index in [-0.39, 0.29) is 17.8 Å². The smallest absolute Gasteiger partial charge is 0.277 e. The van der Waals surface area contributed by atoms with Gasteiger partial charge in [0.2, 0.25) is 11.8 Å². The van der Waals surface area contributed by atoms with Gasteiger partial charge >= 0.3 is 0 Å². The number of nitrogens with one attached hydrogen (secondary N) is 1. The predicted molar refractivity (Wildman–Crippen MR) is 103 cm³/mol. The van der Waals surface area contributed by atoms with E-state index < -0.39 is 5.25 Å². The number of hydrogen-bond acceptors (Lipinski definition) is 5. The molecule has 0 bridgehead atoms. The number of benzene rings is 2. The summed E-state index contributed by atoms with van der Waals surface area (Å²) in [5.74, 6) is -0.126. The summed E-state index contributed by atoms with van der Waals surface area (Å²) in [6.45, 7) is 3.59. The maximum Gasteiger partial charge on any atom is 0.277 e. The number of thioether (sulfide) groups is 1. The van der Waals surface area contributed by atoms with Gasteiger partial charge in [0.15, 0.2) is 0 Å². The maximum atomic E-state index is 13.0. The fourth-order valence-electron chi connectivity index (χ4n) is 2.34. The first kappa shape index (κ1) is 19.4. The first-order chi connectivity index (χ1) is 12.9. The highest BCUT2D eigenvalue weighted by Crippen LogP contribution is 2.27. The van der Waals surface area contributed by atoms with E-state index in [0.29, 0.717) is 16.1 Å². The average Bonchev–Trinajstić information content (AvgIpc) is 3.11. The Hall–Kier alpha value is -2.38. The Balaban J connectivity index is 1.59. The monoisotopic (exact) mass is 405 g/mol. The Bertz CT molecular complexity index is 915. The number of halogens is 2. The second-order valence-electron chi connectivity index (χ2n) is 5.92. The largest absolute Gasteiger partial charge is 0.411 e. The van der Waals surface area contributed by atoms with E-state index in [4.69, 9.17) is 16.0 Å². The van der Waals surface area contributed by atoms with Crippen molar-refractivity contribution in [3.63, 3.8) is 0 Å². The van der Waals surface area contributed by atoms with Gasteiger partial charge in [-0.15, -0.1) is 10.2 Å². The quantitative estimate of drug-likeness (QED) is 0.591. The molecule has 1 heterocycles. The van der Waals surface area contributed by atoms with E-state index in [2.05, 4.69) is 15.5 Å². The summed E-state index contributed by atoms with van der Waals surface area (Å²) >= 11 is 7.04. The molecule has 0 unspecified atom stereocenters. The van der Waals surface area contributed by atoms with Gasteiger partial charge in [-0.25, -0.2) is 4.39 Å². The molecule has 0 spiro atoms. The van der Waals surface area contributed by atoms with Crippen LogP contribution in [0, 0.1) is 5.82 Å². The van der Waals surface area contributed by atoms with Crippen molar-refractivity contribution in [3.05, 3.63) is 64.9 Å². The first-order valence-corrected chi connectivity index (χ1v) is 9.50. The van der Waals surface area contributed by atoms with Crippen LogP contribution in [0.15, 0.2) is 58.2 Å². The molecule has 5 nitrogen and oxygen atoms in total. The molecule has 0 saturated carbocycles. The highest BCUT2D eigenvalue weighted by molar-refractivity contribution is 8.00. The lowest BCUT2D eigenvalue weighted by atomic mass is 10.1. The number of rotatable bonds is 6. The summed E-state index contributed by atoms with van der Waals surface area (Å²) in [6, 6.07) is 12.8. The van der Waals surface area contributed by atoms with Gasteiger partial charge < -0.3 is 9.73 Å². The minimum absolute atomic E-state index is 0.178.